The molecule has 0 bridgehead atoms. The summed E-state index contributed by atoms with van der Waals surface area (Å²) < 4.78 is 13.1. The monoisotopic (exact) mass is 247 g/mol. The van der Waals surface area contributed by atoms with Crippen LogP contribution in [0, 0.1) is 11.7 Å². The van der Waals surface area contributed by atoms with Gasteiger partial charge in [-0.1, -0.05) is 19.8 Å². The van der Waals surface area contributed by atoms with Gasteiger partial charge in [-0.2, -0.15) is 0 Å². The first kappa shape index (κ1) is 11.5. The predicted octanol–water partition coefficient (Wildman–Crippen LogP) is 3.69. The summed E-state index contributed by atoms with van der Waals surface area (Å²) in [4.78, 5) is 7.58. The topological polar surface area (TPSA) is 40.7 Å². The molecule has 2 unspecified atom stereocenters. The highest BCUT2D eigenvalue weighted by Crippen LogP contribution is 2.26. The largest absolute Gasteiger partial charge is 0.353 e. The zero-order valence-corrected chi connectivity index (χ0v) is 10.5. The molecule has 1 fully saturated rings. The Balaban J connectivity index is 1.78. The van der Waals surface area contributed by atoms with Gasteiger partial charge >= 0.3 is 0 Å². The third kappa shape index (κ3) is 2.33. The fourth-order valence-corrected chi connectivity index (χ4v) is 2.81. The van der Waals surface area contributed by atoms with E-state index in [-0.39, 0.29) is 5.82 Å². The van der Waals surface area contributed by atoms with E-state index in [0.717, 1.165) is 22.9 Å². The van der Waals surface area contributed by atoms with Gasteiger partial charge in [0.25, 0.3) is 0 Å². The number of nitrogens with zero attached hydrogens (tertiary/aromatic N) is 1. The fourth-order valence-electron chi connectivity index (χ4n) is 2.81. The van der Waals surface area contributed by atoms with E-state index in [0.29, 0.717) is 6.04 Å². The summed E-state index contributed by atoms with van der Waals surface area (Å²) in [6, 6.07) is 5.11. The van der Waals surface area contributed by atoms with Crippen LogP contribution in [0.1, 0.15) is 32.6 Å². The molecule has 3 rings (SSSR count). The van der Waals surface area contributed by atoms with Gasteiger partial charge in [-0.25, -0.2) is 9.37 Å². The number of nitrogens with one attached hydrogen (secondary N) is 2. The van der Waals surface area contributed by atoms with Crippen LogP contribution in [0.4, 0.5) is 10.3 Å². The van der Waals surface area contributed by atoms with Crippen molar-refractivity contribution >= 4 is 17.0 Å². The number of aromatic amines is 1. The van der Waals surface area contributed by atoms with Crippen LogP contribution in [-0.2, 0) is 0 Å². The molecule has 1 aromatic heterocycles. The van der Waals surface area contributed by atoms with Crippen molar-refractivity contribution in [1.82, 2.24) is 9.97 Å². The molecule has 1 aromatic carbocycles. The van der Waals surface area contributed by atoms with Crippen LogP contribution in [0.3, 0.4) is 0 Å². The van der Waals surface area contributed by atoms with Crippen molar-refractivity contribution in [3.8, 4) is 0 Å². The van der Waals surface area contributed by atoms with Gasteiger partial charge in [-0.3, -0.25) is 0 Å². The molecule has 1 saturated carbocycles. The van der Waals surface area contributed by atoms with Gasteiger partial charge in [0, 0.05) is 6.04 Å². The van der Waals surface area contributed by atoms with E-state index in [2.05, 4.69) is 22.2 Å². The van der Waals surface area contributed by atoms with Gasteiger partial charge in [0.2, 0.25) is 5.95 Å². The second-order valence-corrected chi connectivity index (χ2v) is 5.36. The second-order valence-electron chi connectivity index (χ2n) is 5.36. The van der Waals surface area contributed by atoms with Crippen LogP contribution in [0.5, 0.6) is 0 Å². The molecule has 0 radical (unpaired) electrons. The molecule has 0 aliphatic heterocycles. The number of rotatable bonds is 2. The molecule has 1 heterocycles. The number of benzene rings is 1. The number of halogens is 1. The van der Waals surface area contributed by atoms with Crippen LogP contribution < -0.4 is 5.32 Å². The minimum atomic E-state index is -0.232. The minimum absolute atomic E-state index is 0.232. The lowest BCUT2D eigenvalue weighted by Gasteiger charge is -2.27. The van der Waals surface area contributed by atoms with Gasteiger partial charge in [0.1, 0.15) is 5.82 Å². The summed E-state index contributed by atoms with van der Waals surface area (Å²) >= 11 is 0. The summed E-state index contributed by atoms with van der Waals surface area (Å²) in [6.07, 6.45) is 4.97. The van der Waals surface area contributed by atoms with Gasteiger partial charge in [0.05, 0.1) is 11.0 Å². The van der Waals surface area contributed by atoms with E-state index in [1.54, 1.807) is 6.07 Å². The van der Waals surface area contributed by atoms with E-state index >= 15 is 0 Å². The molecular formula is C14H18FN3. The minimum Gasteiger partial charge on any atom is -0.353 e. The summed E-state index contributed by atoms with van der Waals surface area (Å²) in [5.41, 5.74) is 1.56. The molecule has 0 saturated heterocycles. The van der Waals surface area contributed by atoms with Gasteiger partial charge < -0.3 is 10.3 Å². The Morgan fingerprint density at radius 3 is 3.11 bits per heavy atom. The quantitative estimate of drug-likeness (QED) is 0.849. The molecule has 3 nitrogen and oxygen atoms in total. The first-order valence-corrected chi connectivity index (χ1v) is 6.62. The van der Waals surface area contributed by atoms with E-state index in [1.807, 2.05) is 0 Å². The highest BCUT2D eigenvalue weighted by atomic mass is 19.1. The number of imidazole rings is 1. The maximum Gasteiger partial charge on any atom is 0.201 e. The van der Waals surface area contributed by atoms with Gasteiger partial charge in [-0.15, -0.1) is 0 Å². The van der Waals surface area contributed by atoms with Crippen molar-refractivity contribution in [2.45, 2.75) is 38.6 Å². The van der Waals surface area contributed by atoms with Crippen LogP contribution in [0.2, 0.25) is 0 Å². The Morgan fingerprint density at radius 1 is 1.39 bits per heavy atom. The Morgan fingerprint density at radius 2 is 2.28 bits per heavy atom. The molecule has 96 valence electrons. The molecule has 0 spiro atoms. The van der Waals surface area contributed by atoms with Gasteiger partial charge in [-0.05, 0) is 37.0 Å². The van der Waals surface area contributed by atoms with E-state index in [4.69, 9.17) is 0 Å². The Kier molecular flexibility index (Phi) is 2.94. The average Bonchev–Trinajstić information content (AvgIpc) is 2.70. The number of fused-ring (bicyclic) bond motifs is 1. The molecule has 2 N–H and O–H groups in total. The Hall–Kier alpha value is -1.58. The number of anilines is 1. The van der Waals surface area contributed by atoms with Gasteiger partial charge in [0.15, 0.2) is 0 Å². The van der Waals surface area contributed by atoms with Crippen LogP contribution in [0.25, 0.3) is 11.0 Å². The van der Waals surface area contributed by atoms with E-state index in [1.165, 1.54) is 37.8 Å². The molecule has 2 aromatic rings. The lowest BCUT2D eigenvalue weighted by molar-refractivity contribution is 0.358. The molecule has 1 aliphatic carbocycles. The standard InChI is InChI=1S/C14H18FN3/c1-9-3-2-4-11(7-9)16-14-17-12-6-5-10(15)8-13(12)18-14/h5-6,8-9,11H,2-4,7H2,1H3,(H2,16,17,18). The van der Waals surface area contributed by atoms with Crippen LogP contribution >= 0.6 is 0 Å². The van der Waals surface area contributed by atoms with Crippen molar-refractivity contribution in [3.63, 3.8) is 0 Å². The summed E-state index contributed by atoms with van der Waals surface area (Å²) in [6.45, 7) is 2.29. The molecule has 2 atom stereocenters. The fraction of sp³-hybridized carbons (Fsp3) is 0.500. The number of hydrogen-bond acceptors (Lipinski definition) is 2. The smallest absolute Gasteiger partial charge is 0.201 e. The lowest BCUT2D eigenvalue weighted by atomic mass is 9.87. The highest BCUT2D eigenvalue weighted by Gasteiger charge is 2.19. The molecule has 1 aliphatic rings. The molecule has 18 heavy (non-hydrogen) atoms. The maximum absolute atomic E-state index is 13.1. The predicted molar refractivity (Wildman–Crippen MR) is 71.1 cm³/mol. The summed E-state index contributed by atoms with van der Waals surface area (Å²) in [7, 11) is 0. The zero-order valence-electron chi connectivity index (χ0n) is 10.5. The Bertz CT molecular complexity index is 549. The van der Waals surface area contributed by atoms with Crippen molar-refractivity contribution in [2.75, 3.05) is 5.32 Å². The van der Waals surface area contributed by atoms with Crippen LogP contribution in [-0.4, -0.2) is 16.0 Å². The van der Waals surface area contributed by atoms with Crippen molar-refractivity contribution in [1.29, 1.82) is 0 Å². The van der Waals surface area contributed by atoms with Crippen molar-refractivity contribution in [2.24, 2.45) is 5.92 Å². The third-order valence-electron chi connectivity index (χ3n) is 3.72. The lowest BCUT2D eigenvalue weighted by Crippen LogP contribution is -2.26. The molecule has 0 amide bonds. The van der Waals surface area contributed by atoms with E-state index < -0.39 is 0 Å². The number of hydrogen-bond donors (Lipinski definition) is 2. The normalized spacial score (nSPS) is 24.3. The number of H-pyrrole nitrogens is 1. The van der Waals surface area contributed by atoms with Crippen molar-refractivity contribution in [3.05, 3.63) is 24.0 Å². The number of aromatic nitrogens is 2. The highest BCUT2D eigenvalue weighted by molar-refractivity contribution is 5.77. The summed E-state index contributed by atoms with van der Waals surface area (Å²) in [5.74, 6) is 1.30. The Labute approximate surface area is 106 Å². The van der Waals surface area contributed by atoms with Crippen LogP contribution in [0.15, 0.2) is 18.2 Å². The first-order chi connectivity index (χ1) is 8.70. The van der Waals surface area contributed by atoms with E-state index in [9.17, 15) is 4.39 Å². The molecule has 4 heteroatoms. The molecular weight excluding hydrogens is 229 g/mol. The zero-order chi connectivity index (χ0) is 12.5. The SMILES string of the molecule is CC1CCCC(Nc2nc3ccc(F)cc3[nH]2)C1. The maximum atomic E-state index is 13.1. The second kappa shape index (κ2) is 4.59. The third-order valence-corrected chi connectivity index (χ3v) is 3.72. The first-order valence-electron chi connectivity index (χ1n) is 6.62. The summed E-state index contributed by atoms with van der Waals surface area (Å²) in [5, 5.41) is 3.43. The van der Waals surface area contributed by atoms with Crippen molar-refractivity contribution < 1.29 is 4.39 Å². The average molecular weight is 247 g/mol.